The van der Waals surface area contributed by atoms with Gasteiger partial charge in [0.2, 0.25) is 0 Å². The molecule has 1 aliphatic rings. The molecule has 1 aromatic carbocycles. The summed E-state index contributed by atoms with van der Waals surface area (Å²) in [5.74, 6) is -0.168. The van der Waals surface area contributed by atoms with Crippen LogP contribution in [-0.2, 0) is 9.53 Å². The Labute approximate surface area is 135 Å². The Morgan fingerprint density at radius 2 is 2.09 bits per heavy atom. The predicted molar refractivity (Wildman–Crippen MR) is 85.9 cm³/mol. The highest BCUT2D eigenvalue weighted by Crippen LogP contribution is 2.30. The van der Waals surface area contributed by atoms with Gasteiger partial charge in [0.25, 0.3) is 0 Å². The van der Waals surface area contributed by atoms with Crippen molar-refractivity contribution in [3.05, 3.63) is 29.3 Å². The second kappa shape index (κ2) is 8.03. The molecule has 2 N–H and O–H groups in total. The molecule has 1 aromatic rings. The lowest BCUT2D eigenvalue weighted by Crippen LogP contribution is -2.39. The van der Waals surface area contributed by atoms with Crippen LogP contribution in [0, 0.1) is 11.8 Å². The van der Waals surface area contributed by atoms with E-state index in [1.807, 2.05) is 0 Å². The second-order valence-corrected chi connectivity index (χ2v) is 5.96. The molecule has 22 heavy (non-hydrogen) atoms. The third-order valence-corrected chi connectivity index (χ3v) is 4.26. The van der Waals surface area contributed by atoms with E-state index in [9.17, 15) is 9.59 Å². The van der Waals surface area contributed by atoms with Gasteiger partial charge in [-0.1, -0.05) is 30.5 Å². The fourth-order valence-corrected chi connectivity index (χ4v) is 3.07. The average molecular weight is 325 g/mol. The summed E-state index contributed by atoms with van der Waals surface area (Å²) in [6, 6.07) is 6.67. The minimum absolute atomic E-state index is 0.120. The molecule has 0 aliphatic heterocycles. The van der Waals surface area contributed by atoms with Crippen molar-refractivity contribution in [2.75, 3.05) is 19.0 Å². The zero-order valence-electron chi connectivity index (χ0n) is 12.6. The molecule has 0 heterocycles. The van der Waals surface area contributed by atoms with Gasteiger partial charge >= 0.3 is 12.0 Å². The summed E-state index contributed by atoms with van der Waals surface area (Å²) in [6.07, 6.45) is 3.87. The summed E-state index contributed by atoms with van der Waals surface area (Å²) < 4.78 is 4.85. The van der Waals surface area contributed by atoms with Crippen molar-refractivity contribution in [3.8, 4) is 0 Å². The molecular weight excluding hydrogens is 304 g/mol. The molecule has 0 spiro atoms. The Balaban J connectivity index is 1.85. The van der Waals surface area contributed by atoms with Gasteiger partial charge < -0.3 is 15.4 Å². The summed E-state index contributed by atoms with van der Waals surface area (Å²) in [5.41, 5.74) is 0.637. The van der Waals surface area contributed by atoms with E-state index in [0.29, 0.717) is 17.3 Å². The van der Waals surface area contributed by atoms with Gasteiger partial charge in [-0.15, -0.1) is 0 Å². The topological polar surface area (TPSA) is 67.4 Å². The Morgan fingerprint density at radius 1 is 1.32 bits per heavy atom. The number of carbonyl (C=O) groups excluding carboxylic acids is 2. The van der Waals surface area contributed by atoms with Crippen molar-refractivity contribution in [2.45, 2.75) is 25.7 Å². The number of urea groups is 1. The Hall–Kier alpha value is -1.75. The predicted octanol–water partition coefficient (Wildman–Crippen LogP) is 3.44. The molecule has 0 saturated heterocycles. The molecule has 1 aliphatic carbocycles. The lowest BCUT2D eigenvalue weighted by molar-refractivity contribution is -0.148. The number of amides is 2. The van der Waals surface area contributed by atoms with E-state index in [2.05, 4.69) is 10.6 Å². The van der Waals surface area contributed by atoms with Gasteiger partial charge in [-0.3, -0.25) is 4.79 Å². The van der Waals surface area contributed by atoms with E-state index in [0.717, 1.165) is 25.7 Å². The molecule has 1 saturated carbocycles. The monoisotopic (exact) mass is 324 g/mol. The number of esters is 1. The molecule has 1 fully saturated rings. The molecule has 0 aromatic heterocycles. The van der Waals surface area contributed by atoms with E-state index < -0.39 is 0 Å². The van der Waals surface area contributed by atoms with Gasteiger partial charge in [0.05, 0.1) is 13.0 Å². The number of rotatable bonds is 4. The number of nitrogens with one attached hydrogen (secondary N) is 2. The Kier molecular flexibility index (Phi) is 6.07. The SMILES string of the molecule is COC(=O)C1CCCCC1CNC(=O)Nc1cccc(Cl)c1. The number of anilines is 1. The Morgan fingerprint density at radius 3 is 2.82 bits per heavy atom. The van der Waals surface area contributed by atoms with Crippen molar-refractivity contribution in [1.29, 1.82) is 0 Å². The molecular formula is C16H21ClN2O3. The highest BCUT2D eigenvalue weighted by molar-refractivity contribution is 6.30. The van der Waals surface area contributed by atoms with Crippen LogP contribution in [-0.4, -0.2) is 25.7 Å². The lowest BCUT2D eigenvalue weighted by atomic mass is 9.79. The van der Waals surface area contributed by atoms with Crippen LogP contribution in [0.2, 0.25) is 5.02 Å². The van der Waals surface area contributed by atoms with Crippen LogP contribution in [0.5, 0.6) is 0 Å². The van der Waals surface area contributed by atoms with Crippen LogP contribution in [0.1, 0.15) is 25.7 Å². The number of hydrogen-bond acceptors (Lipinski definition) is 3. The van der Waals surface area contributed by atoms with Crippen molar-refractivity contribution in [3.63, 3.8) is 0 Å². The normalized spacial score (nSPS) is 21.0. The number of halogens is 1. The molecule has 2 rings (SSSR count). The van der Waals surface area contributed by atoms with Crippen molar-refractivity contribution < 1.29 is 14.3 Å². The van der Waals surface area contributed by atoms with Gasteiger partial charge in [0.15, 0.2) is 0 Å². The number of ether oxygens (including phenoxy) is 1. The van der Waals surface area contributed by atoms with Crippen LogP contribution < -0.4 is 10.6 Å². The highest BCUT2D eigenvalue weighted by atomic mass is 35.5. The summed E-state index contributed by atoms with van der Waals surface area (Å²) >= 11 is 5.87. The maximum atomic E-state index is 11.9. The number of benzene rings is 1. The summed E-state index contributed by atoms with van der Waals surface area (Å²) in [4.78, 5) is 23.7. The first-order valence-electron chi connectivity index (χ1n) is 7.48. The van der Waals surface area contributed by atoms with Gasteiger partial charge in [0.1, 0.15) is 0 Å². The first-order chi connectivity index (χ1) is 10.6. The minimum atomic E-state index is -0.295. The molecule has 2 amide bonds. The zero-order chi connectivity index (χ0) is 15.9. The maximum Gasteiger partial charge on any atom is 0.319 e. The largest absolute Gasteiger partial charge is 0.469 e. The van der Waals surface area contributed by atoms with Crippen molar-refractivity contribution >= 4 is 29.3 Å². The minimum Gasteiger partial charge on any atom is -0.469 e. The van der Waals surface area contributed by atoms with Gasteiger partial charge in [0, 0.05) is 17.3 Å². The number of carbonyl (C=O) groups is 2. The van der Waals surface area contributed by atoms with E-state index in [-0.39, 0.29) is 23.8 Å². The van der Waals surface area contributed by atoms with E-state index in [1.54, 1.807) is 24.3 Å². The molecule has 2 unspecified atom stereocenters. The van der Waals surface area contributed by atoms with Gasteiger partial charge in [-0.05, 0) is 37.0 Å². The zero-order valence-corrected chi connectivity index (χ0v) is 13.4. The third kappa shape index (κ3) is 4.63. The summed E-state index contributed by atoms with van der Waals surface area (Å²) in [6.45, 7) is 0.464. The van der Waals surface area contributed by atoms with Gasteiger partial charge in [-0.2, -0.15) is 0 Å². The molecule has 2 atom stereocenters. The maximum absolute atomic E-state index is 11.9. The van der Waals surface area contributed by atoms with Crippen molar-refractivity contribution in [1.82, 2.24) is 5.32 Å². The van der Waals surface area contributed by atoms with E-state index >= 15 is 0 Å². The molecule has 5 nitrogen and oxygen atoms in total. The van der Waals surface area contributed by atoms with E-state index in [4.69, 9.17) is 16.3 Å². The quantitative estimate of drug-likeness (QED) is 0.834. The first-order valence-corrected chi connectivity index (χ1v) is 7.86. The first kappa shape index (κ1) is 16.6. The van der Waals surface area contributed by atoms with Gasteiger partial charge in [-0.25, -0.2) is 4.79 Å². The number of hydrogen-bond donors (Lipinski definition) is 2. The van der Waals surface area contributed by atoms with Crippen LogP contribution in [0.25, 0.3) is 0 Å². The summed E-state index contributed by atoms with van der Waals surface area (Å²) in [7, 11) is 1.41. The average Bonchev–Trinajstić information content (AvgIpc) is 2.52. The standard InChI is InChI=1S/C16H21ClN2O3/c1-22-15(20)14-8-3-2-5-11(14)10-18-16(21)19-13-7-4-6-12(17)9-13/h4,6-7,9,11,14H,2-3,5,8,10H2,1H3,(H2,18,19,21). The Bertz CT molecular complexity index is 536. The number of methoxy groups -OCH3 is 1. The highest BCUT2D eigenvalue weighted by Gasteiger charge is 2.31. The molecule has 0 bridgehead atoms. The van der Waals surface area contributed by atoms with E-state index in [1.165, 1.54) is 7.11 Å². The van der Waals surface area contributed by atoms with Crippen LogP contribution in [0.4, 0.5) is 10.5 Å². The van der Waals surface area contributed by atoms with Crippen LogP contribution in [0.15, 0.2) is 24.3 Å². The molecule has 0 radical (unpaired) electrons. The fourth-order valence-electron chi connectivity index (χ4n) is 2.88. The third-order valence-electron chi connectivity index (χ3n) is 4.02. The molecule has 6 heteroatoms. The lowest BCUT2D eigenvalue weighted by Gasteiger charge is -2.29. The molecule has 120 valence electrons. The smallest absolute Gasteiger partial charge is 0.319 e. The van der Waals surface area contributed by atoms with Crippen LogP contribution >= 0.6 is 11.6 Å². The fraction of sp³-hybridized carbons (Fsp3) is 0.500. The second-order valence-electron chi connectivity index (χ2n) is 5.52. The van der Waals surface area contributed by atoms with Crippen LogP contribution in [0.3, 0.4) is 0 Å². The van der Waals surface area contributed by atoms with Crippen molar-refractivity contribution in [2.24, 2.45) is 11.8 Å². The summed E-state index contributed by atoms with van der Waals surface area (Å²) in [5, 5.41) is 6.12.